The van der Waals surface area contributed by atoms with Crippen LogP contribution in [0.1, 0.15) is 28.9 Å². The molecule has 1 aromatic carbocycles. The monoisotopic (exact) mass is 318 g/mol. The van der Waals surface area contributed by atoms with E-state index in [4.69, 9.17) is 0 Å². The molecule has 1 heterocycles. The van der Waals surface area contributed by atoms with Crippen LogP contribution in [0.15, 0.2) is 53.1 Å². The molecular formula is C15H15BrN2O. The third kappa shape index (κ3) is 3.89. The number of halogens is 1. The van der Waals surface area contributed by atoms with Crippen LogP contribution in [0.2, 0.25) is 0 Å². The molecule has 1 amide bonds. The van der Waals surface area contributed by atoms with Crippen LogP contribution in [0.3, 0.4) is 0 Å². The fraction of sp³-hybridized carbons (Fsp3) is 0.200. The highest BCUT2D eigenvalue weighted by Crippen LogP contribution is 2.13. The largest absolute Gasteiger partial charge is 0.350 e. The second-order valence-corrected chi connectivity index (χ2v) is 5.18. The highest BCUT2D eigenvalue weighted by molar-refractivity contribution is 9.10. The number of carbonyl (C=O) groups is 1. The van der Waals surface area contributed by atoms with Crippen LogP contribution in [0, 0.1) is 0 Å². The first-order valence-electron chi connectivity index (χ1n) is 6.12. The molecule has 0 spiro atoms. The molecule has 0 aliphatic heterocycles. The van der Waals surface area contributed by atoms with E-state index in [1.54, 1.807) is 18.2 Å². The van der Waals surface area contributed by atoms with Gasteiger partial charge < -0.3 is 5.32 Å². The zero-order chi connectivity index (χ0) is 13.7. The summed E-state index contributed by atoms with van der Waals surface area (Å²) in [6.07, 6.45) is 0. The molecule has 0 aliphatic carbocycles. The second-order valence-electron chi connectivity index (χ2n) is 4.37. The number of aromatic nitrogens is 1. The zero-order valence-electron chi connectivity index (χ0n) is 10.6. The van der Waals surface area contributed by atoms with Crippen LogP contribution in [0.5, 0.6) is 0 Å². The van der Waals surface area contributed by atoms with Gasteiger partial charge in [-0.25, -0.2) is 4.98 Å². The molecule has 98 valence electrons. The number of hydrogen-bond donors (Lipinski definition) is 1. The molecule has 0 bridgehead atoms. The standard InChI is InChI=1S/C15H15BrN2O/c1-11(12-6-3-2-4-7-12)10-17-15(19)13-8-5-9-14(16)18-13/h2-9,11H,10H2,1H3,(H,17,19). The van der Waals surface area contributed by atoms with E-state index in [0.29, 0.717) is 16.8 Å². The Labute approximate surface area is 121 Å². The Morgan fingerprint density at radius 1 is 1.21 bits per heavy atom. The lowest BCUT2D eigenvalue weighted by molar-refractivity contribution is 0.0946. The van der Waals surface area contributed by atoms with Gasteiger partial charge in [-0.15, -0.1) is 0 Å². The summed E-state index contributed by atoms with van der Waals surface area (Å²) in [4.78, 5) is 16.1. The van der Waals surface area contributed by atoms with E-state index in [1.165, 1.54) is 5.56 Å². The van der Waals surface area contributed by atoms with E-state index in [0.717, 1.165) is 0 Å². The molecule has 2 rings (SSSR count). The van der Waals surface area contributed by atoms with Gasteiger partial charge in [-0.3, -0.25) is 4.79 Å². The molecule has 19 heavy (non-hydrogen) atoms. The normalized spacial score (nSPS) is 11.9. The van der Waals surface area contributed by atoms with E-state index >= 15 is 0 Å². The van der Waals surface area contributed by atoms with Crippen LogP contribution in [0.25, 0.3) is 0 Å². The molecule has 0 saturated carbocycles. The maximum atomic E-state index is 11.9. The van der Waals surface area contributed by atoms with Crippen molar-refractivity contribution >= 4 is 21.8 Å². The fourth-order valence-corrected chi connectivity index (χ4v) is 2.11. The van der Waals surface area contributed by atoms with Crippen LogP contribution < -0.4 is 5.32 Å². The van der Waals surface area contributed by atoms with Crippen molar-refractivity contribution in [2.24, 2.45) is 0 Å². The lowest BCUT2D eigenvalue weighted by Crippen LogP contribution is -2.28. The average Bonchev–Trinajstić information content (AvgIpc) is 2.45. The molecule has 0 saturated heterocycles. The van der Waals surface area contributed by atoms with Crippen LogP contribution in [-0.2, 0) is 0 Å². The lowest BCUT2D eigenvalue weighted by Gasteiger charge is -2.12. The van der Waals surface area contributed by atoms with E-state index in [-0.39, 0.29) is 11.8 Å². The van der Waals surface area contributed by atoms with Gasteiger partial charge in [0.2, 0.25) is 0 Å². The van der Waals surface area contributed by atoms with Gasteiger partial charge in [0.1, 0.15) is 10.3 Å². The van der Waals surface area contributed by atoms with Crippen molar-refractivity contribution < 1.29 is 4.79 Å². The Kier molecular flexibility index (Phi) is 4.68. The van der Waals surface area contributed by atoms with Gasteiger partial charge in [0.05, 0.1) is 0 Å². The number of carbonyl (C=O) groups excluding carboxylic acids is 1. The van der Waals surface area contributed by atoms with Gasteiger partial charge in [-0.05, 0) is 39.5 Å². The fourth-order valence-electron chi connectivity index (χ4n) is 1.77. The molecule has 1 N–H and O–H groups in total. The quantitative estimate of drug-likeness (QED) is 0.878. The summed E-state index contributed by atoms with van der Waals surface area (Å²) in [6.45, 7) is 2.68. The third-order valence-electron chi connectivity index (χ3n) is 2.89. The number of benzene rings is 1. The van der Waals surface area contributed by atoms with Gasteiger partial charge in [-0.1, -0.05) is 43.3 Å². The Bertz CT molecular complexity index is 557. The van der Waals surface area contributed by atoms with Gasteiger partial charge in [0.15, 0.2) is 0 Å². The van der Waals surface area contributed by atoms with E-state index in [9.17, 15) is 4.79 Å². The Hall–Kier alpha value is -1.68. The zero-order valence-corrected chi connectivity index (χ0v) is 12.2. The topological polar surface area (TPSA) is 42.0 Å². The molecule has 3 nitrogen and oxygen atoms in total. The highest BCUT2D eigenvalue weighted by Gasteiger charge is 2.10. The average molecular weight is 319 g/mol. The van der Waals surface area contributed by atoms with Gasteiger partial charge >= 0.3 is 0 Å². The minimum Gasteiger partial charge on any atom is -0.350 e. The van der Waals surface area contributed by atoms with Gasteiger partial charge in [0, 0.05) is 6.54 Å². The number of hydrogen-bond acceptors (Lipinski definition) is 2. The number of amides is 1. The first kappa shape index (κ1) is 13.7. The Morgan fingerprint density at radius 2 is 1.95 bits per heavy atom. The molecule has 0 radical (unpaired) electrons. The highest BCUT2D eigenvalue weighted by atomic mass is 79.9. The van der Waals surface area contributed by atoms with Crippen molar-refractivity contribution in [3.8, 4) is 0 Å². The third-order valence-corrected chi connectivity index (χ3v) is 3.33. The summed E-state index contributed by atoms with van der Waals surface area (Å²) in [5.74, 6) is 0.126. The maximum absolute atomic E-state index is 11.9. The summed E-state index contributed by atoms with van der Waals surface area (Å²) in [5.41, 5.74) is 1.64. The van der Waals surface area contributed by atoms with Crippen molar-refractivity contribution in [3.05, 3.63) is 64.4 Å². The maximum Gasteiger partial charge on any atom is 0.269 e. The Balaban J connectivity index is 1.94. The van der Waals surface area contributed by atoms with Crippen molar-refractivity contribution in [2.45, 2.75) is 12.8 Å². The van der Waals surface area contributed by atoms with E-state index < -0.39 is 0 Å². The van der Waals surface area contributed by atoms with E-state index in [1.807, 2.05) is 18.2 Å². The minimum absolute atomic E-state index is 0.149. The van der Waals surface area contributed by atoms with Gasteiger partial charge in [-0.2, -0.15) is 0 Å². The van der Waals surface area contributed by atoms with Crippen LogP contribution >= 0.6 is 15.9 Å². The molecule has 0 fully saturated rings. The molecule has 1 unspecified atom stereocenters. The predicted octanol–water partition coefficient (Wildman–Crippen LogP) is 3.38. The molecule has 1 atom stereocenters. The molecular weight excluding hydrogens is 304 g/mol. The van der Waals surface area contributed by atoms with Crippen molar-refractivity contribution in [1.29, 1.82) is 0 Å². The summed E-state index contributed by atoms with van der Waals surface area (Å²) < 4.78 is 0.663. The summed E-state index contributed by atoms with van der Waals surface area (Å²) in [7, 11) is 0. The number of nitrogens with zero attached hydrogens (tertiary/aromatic N) is 1. The number of rotatable bonds is 4. The molecule has 2 aromatic rings. The first-order valence-corrected chi connectivity index (χ1v) is 6.92. The summed E-state index contributed by atoms with van der Waals surface area (Å²) >= 11 is 3.26. The van der Waals surface area contributed by atoms with Crippen molar-refractivity contribution in [2.75, 3.05) is 6.54 Å². The summed E-state index contributed by atoms with van der Waals surface area (Å²) in [6, 6.07) is 15.4. The smallest absolute Gasteiger partial charge is 0.269 e. The SMILES string of the molecule is CC(CNC(=O)c1cccc(Br)n1)c1ccccc1. The molecule has 4 heteroatoms. The van der Waals surface area contributed by atoms with Crippen molar-refractivity contribution in [3.63, 3.8) is 0 Å². The van der Waals surface area contributed by atoms with Crippen molar-refractivity contribution in [1.82, 2.24) is 10.3 Å². The molecule has 0 aliphatic rings. The summed E-state index contributed by atoms with van der Waals surface area (Å²) in [5, 5.41) is 2.90. The number of pyridine rings is 1. The Morgan fingerprint density at radius 3 is 2.63 bits per heavy atom. The second kappa shape index (κ2) is 6.48. The predicted molar refractivity (Wildman–Crippen MR) is 79.1 cm³/mol. The van der Waals surface area contributed by atoms with Crippen LogP contribution in [0.4, 0.5) is 0 Å². The van der Waals surface area contributed by atoms with Gasteiger partial charge in [0.25, 0.3) is 5.91 Å². The lowest BCUT2D eigenvalue weighted by atomic mass is 10.0. The minimum atomic E-state index is -0.149. The molecule has 1 aromatic heterocycles. The van der Waals surface area contributed by atoms with Crippen LogP contribution in [-0.4, -0.2) is 17.4 Å². The number of nitrogens with one attached hydrogen (secondary N) is 1. The van der Waals surface area contributed by atoms with E-state index in [2.05, 4.69) is 45.3 Å². The first-order chi connectivity index (χ1) is 9.16.